The minimum atomic E-state index is 0. The number of carbonyl (C=O) groups is 1. The molecule has 1 saturated heterocycles. The van der Waals surface area contributed by atoms with Crippen molar-refractivity contribution in [2.75, 3.05) is 20.1 Å². The number of amides is 1. The molecule has 0 radical (unpaired) electrons. The highest BCUT2D eigenvalue weighted by atomic mass is 35.5. The van der Waals surface area contributed by atoms with Gasteiger partial charge in [-0.2, -0.15) is 0 Å². The quantitative estimate of drug-likeness (QED) is 0.804. The van der Waals surface area contributed by atoms with E-state index in [1.54, 1.807) is 0 Å². The third-order valence-corrected chi connectivity index (χ3v) is 4.21. The molecule has 1 aliphatic carbocycles. The van der Waals surface area contributed by atoms with Crippen LogP contribution in [0.4, 0.5) is 0 Å². The second-order valence-electron chi connectivity index (χ2n) is 5.41. The molecule has 0 aromatic carbocycles. The Balaban J connectivity index is 0.00000128. The fourth-order valence-corrected chi connectivity index (χ4v) is 2.67. The van der Waals surface area contributed by atoms with E-state index in [9.17, 15) is 4.79 Å². The smallest absolute Gasteiger partial charge is 0.226 e. The molecule has 4 heteroatoms. The van der Waals surface area contributed by atoms with Gasteiger partial charge in [-0.25, -0.2) is 0 Å². The van der Waals surface area contributed by atoms with Crippen molar-refractivity contribution in [3.05, 3.63) is 0 Å². The molecule has 0 aromatic rings. The molecule has 0 aromatic heterocycles. The van der Waals surface area contributed by atoms with Crippen LogP contribution in [0.3, 0.4) is 0 Å². The predicted octanol–water partition coefficient (Wildman–Crippen LogP) is 1.66. The van der Waals surface area contributed by atoms with Crippen LogP contribution >= 0.6 is 12.4 Å². The molecule has 2 rings (SSSR count). The van der Waals surface area contributed by atoms with Gasteiger partial charge in [0, 0.05) is 19.0 Å². The minimum absolute atomic E-state index is 0. The van der Waals surface area contributed by atoms with Gasteiger partial charge in [-0.1, -0.05) is 0 Å². The van der Waals surface area contributed by atoms with E-state index in [4.69, 9.17) is 0 Å². The zero-order valence-electron chi connectivity index (χ0n) is 10.5. The molecule has 1 spiro atoms. The van der Waals surface area contributed by atoms with Gasteiger partial charge >= 0.3 is 0 Å². The molecule has 1 amide bonds. The van der Waals surface area contributed by atoms with Gasteiger partial charge < -0.3 is 10.2 Å². The lowest BCUT2D eigenvalue weighted by atomic mass is 9.91. The Morgan fingerprint density at radius 1 is 1.38 bits per heavy atom. The van der Waals surface area contributed by atoms with Crippen molar-refractivity contribution in [2.24, 2.45) is 11.3 Å². The second kappa shape index (κ2) is 4.92. The van der Waals surface area contributed by atoms with Crippen LogP contribution in [0, 0.1) is 11.3 Å². The van der Waals surface area contributed by atoms with Crippen LogP contribution in [0.2, 0.25) is 0 Å². The predicted molar refractivity (Wildman–Crippen MR) is 67.8 cm³/mol. The van der Waals surface area contributed by atoms with Gasteiger partial charge in [0.05, 0.1) is 0 Å². The molecule has 1 heterocycles. The largest absolute Gasteiger partial charge is 0.343 e. The van der Waals surface area contributed by atoms with Gasteiger partial charge in [0.1, 0.15) is 0 Å². The van der Waals surface area contributed by atoms with E-state index in [0.29, 0.717) is 23.3 Å². The van der Waals surface area contributed by atoms with Crippen LogP contribution in [-0.2, 0) is 4.79 Å². The number of hydrogen-bond acceptors (Lipinski definition) is 2. The maximum absolute atomic E-state index is 12.1. The normalized spacial score (nSPS) is 26.4. The highest BCUT2D eigenvalue weighted by Gasteiger charge is 2.58. The summed E-state index contributed by atoms with van der Waals surface area (Å²) >= 11 is 0. The molecular weight excluding hydrogens is 224 g/mol. The third-order valence-electron chi connectivity index (χ3n) is 4.21. The first-order valence-electron chi connectivity index (χ1n) is 6.04. The fourth-order valence-electron chi connectivity index (χ4n) is 2.67. The summed E-state index contributed by atoms with van der Waals surface area (Å²) in [4.78, 5) is 14.0. The number of hydrogen-bond donors (Lipinski definition) is 1. The molecule has 2 fully saturated rings. The number of carbonyl (C=O) groups excluding carboxylic acids is 1. The van der Waals surface area contributed by atoms with Gasteiger partial charge in [0.15, 0.2) is 0 Å². The molecule has 94 valence electrons. The van der Waals surface area contributed by atoms with E-state index in [1.807, 2.05) is 11.9 Å². The summed E-state index contributed by atoms with van der Waals surface area (Å²) in [5.74, 6) is 0.693. The van der Waals surface area contributed by atoms with Crippen molar-refractivity contribution in [2.45, 2.75) is 39.2 Å². The van der Waals surface area contributed by atoms with E-state index >= 15 is 0 Å². The Bertz CT molecular complexity index is 262. The van der Waals surface area contributed by atoms with Gasteiger partial charge in [-0.05, 0) is 51.6 Å². The average molecular weight is 247 g/mol. The summed E-state index contributed by atoms with van der Waals surface area (Å²) in [7, 11) is 1.93. The van der Waals surface area contributed by atoms with Crippen LogP contribution in [0.5, 0.6) is 0 Å². The molecule has 1 aliphatic heterocycles. The van der Waals surface area contributed by atoms with Crippen LogP contribution < -0.4 is 5.32 Å². The molecule has 16 heavy (non-hydrogen) atoms. The lowest BCUT2D eigenvalue weighted by Gasteiger charge is -2.26. The van der Waals surface area contributed by atoms with Crippen LogP contribution in [0.15, 0.2) is 0 Å². The van der Waals surface area contributed by atoms with E-state index < -0.39 is 0 Å². The molecule has 1 saturated carbocycles. The number of nitrogens with one attached hydrogen (secondary N) is 1. The van der Waals surface area contributed by atoms with Crippen molar-refractivity contribution < 1.29 is 4.79 Å². The SMILES string of the molecule is CC(C)N(C)C(=O)C1CC12CCNCC2.Cl. The highest BCUT2D eigenvalue weighted by Crippen LogP contribution is 2.59. The number of nitrogens with zero attached hydrogens (tertiary/aromatic N) is 1. The minimum Gasteiger partial charge on any atom is -0.343 e. The maximum Gasteiger partial charge on any atom is 0.226 e. The third kappa shape index (κ3) is 2.35. The zero-order chi connectivity index (χ0) is 11.1. The van der Waals surface area contributed by atoms with Gasteiger partial charge in [-0.3, -0.25) is 4.79 Å². The standard InChI is InChI=1S/C12H22N2O.ClH/c1-9(2)14(3)11(15)10-8-12(10)4-6-13-7-5-12;/h9-10,13H,4-8H2,1-3H3;1H. The van der Waals surface area contributed by atoms with E-state index in [0.717, 1.165) is 19.5 Å². The van der Waals surface area contributed by atoms with E-state index in [-0.39, 0.29) is 12.4 Å². The second-order valence-corrected chi connectivity index (χ2v) is 5.41. The van der Waals surface area contributed by atoms with Gasteiger partial charge in [0.2, 0.25) is 5.91 Å². The molecule has 2 aliphatic rings. The topological polar surface area (TPSA) is 32.3 Å². The molecule has 0 bridgehead atoms. The number of piperidine rings is 1. The first-order chi connectivity index (χ1) is 7.07. The summed E-state index contributed by atoms with van der Waals surface area (Å²) in [6.45, 7) is 6.34. The van der Waals surface area contributed by atoms with E-state index in [1.165, 1.54) is 12.8 Å². The molecule has 3 nitrogen and oxygen atoms in total. The van der Waals surface area contributed by atoms with E-state index in [2.05, 4.69) is 19.2 Å². The van der Waals surface area contributed by atoms with Crippen LogP contribution in [0.1, 0.15) is 33.1 Å². The Morgan fingerprint density at radius 3 is 2.44 bits per heavy atom. The lowest BCUT2D eigenvalue weighted by molar-refractivity contribution is -0.133. The number of rotatable bonds is 2. The van der Waals surface area contributed by atoms with Crippen molar-refractivity contribution in [1.82, 2.24) is 10.2 Å². The summed E-state index contributed by atoms with van der Waals surface area (Å²) < 4.78 is 0. The Kier molecular flexibility index (Phi) is 4.24. The average Bonchev–Trinajstić information content (AvgIpc) is 2.91. The van der Waals surface area contributed by atoms with Crippen molar-refractivity contribution in [3.8, 4) is 0 Å². The molecule has 1 atom stereocenters. The summed E-state index contributed by atoms with van der Waals surface area (Å²) in [5, 5.41) is 3.37. The molecular formula is C12H23ClN2O. The first-order valence-corrected chi connectivity index (χ1v) is 6.04. The van der Waals surface area contributed by atoms with Crippen LogP contribution in [0.25, 0.3) is 0 Å². The lowest BCUT2D eigenvalue weighted by Crippen LogP contribution is -2.37. The van der Waals surface area contributed by atoms with Crippen LogP contribution in [-0.4, -0.2) is 37.0 Å². The van der Waals surface area contributed by atoms with Crippen molar-refractivity contribution >= 4 is 18.3 Å². The Morgan fingerprint density at radius 2 is 1.94 bits per heavy atom. The van der Waals surface area contributed by atoms with Gasteiger partial charge in [-0.15, -0.1) is 12.4 Å². The first kappa shape index (κ1) is 13.8. The summed E-state index contributed by atoms with van der Waals surface area (Å²) in [5.41, 5.74) is 0.380. The van der Waals surface area contributed by atoms with Gasteiger partial charge in [0.25, 0.3) is 0 Å². The highest BCUT2D eigenvalue weighted by molar-refractivity contribution is 5.85. The summed E-state index contributed by atoms with van der Waals surface area (Å²) in [6, 6.07) is 0.330. The summed E-state index contributed by atoms with van der Waals surface area (Å²) in [6.07, 6.45) is 3.51. The molecule has 1 N–H and O–H groups in total. The Labute approximate surface area is 104 Å². The zero-order valence-corrected chi connectivity index (χ0v) is 11.3. The van der Waals surface area contributed by atoms with Crippen molar-refractivity contribution in [1.29, 1.82) is 0 Å². The molecule has 1 unspecified atom stereocenters. The Hall–Kier alpha value is -0.280. The fraction of sp³-hybridized carbons (Fsp3) is 0.917. The maximum atomic E-state index is 12.1. The number of halogens is 1. The van der Waals surface area contributed by atoms with Crippen molar-refractivity contribution in [3.63, 3.8) is 0 Å². The monoisotopic (exact) mass is 246 g/mol.